The first-order valence-electron chi connectivity index (χ1n) is 4.04. The third-order valence-electron chi connectivity index (χ3n) is 1.59. The Labute approximate surface area is 82.9 Å². The zero-order chi connectivity index (χ0) is 9.84. The topological polar surface area (TPSA) is 26.0 Å². The Hall–Kier alpha value is -1.02. The van der Waals surface area contributed by atoms with E-state index in [1.807, 2.05) is 39.0 Å². The van der Waals surface area contributed by atoms with Crippen LogP contribution in [-0.2, 0) is 0 Å². The van der Waals surface area contributed by atoms with Gasteiger partial charge in [-0.15, -0.1) is 0 Å². The molecule has 0 aromatic carbocycles. The lowest BCUT2D eigenvalue weighted by Gasteiger charge is -1.90. The van der Waals surface area contributed by atoms with Crippen LogP contribution in [0.2, 0.25) is 0 Å². The van der Waals surface area contributed by atoms with E-state index < -0.39 is 0 Å². The molecule has 0 saturated heterocycles. The lowest BCUT2D eigenvalue weighted by molar-refractivity contribution is 0.395. The van der Waals surface area contributed by atoms with Crippen molar-refractivity contribution in [2.24, 2.45) is 0 Å². The van der Waals surface area contributed by atoms with Gasteiger partial charge in [-0.2, -0.15) is 0 Å². The molecule has 0 fully saturated rings. The molecule has 0 N–H and O–H groups in total. The number of hydrogen-bond donors (Lipinski definition) is 0. The number of halogens is 1. The Bertz CT molecular complexity index is 346. The van der Waals surface area contributed by atoms with Crippen LogP contribution in [0.15, 0.2) is 27.8 Å². The number of aryl methyl sites for hydroxylation is 1. The van der Waals surface area contributed by atoms with Crippen molar-refractivity contribution in [1.29, 1.82) is 0 Å². The first-order valence-corrected chi connectivity index (χ1v) is 4.42. The summed E-state index contributed by atoms with van der Waals surface area (Å²) in [5, 5.41) is 4.63. The summed E-state index contributed by atoms with van der Waals surface area (Å²) in [6.07, 6.45) is 3.75. The molecule has 1 heterocycles. The van der Waals surface area contributed by atoms with E-state index in [0.29, 0.717) is 0 Å². The summed E-state index contributed by atoms with van der Waals surface area (Å²) in [4.78, 5) is 0. The molecule has 0 aliphatic heterocycles. The first kappa shape index (κ1) is 10.1. The lowest BCUT2D eigenvalue weighted by atomic mass is 10.2. The minimum atomic E-state index is 0.750. The van der Waals surface area contributed by atoms with Crippen LogP contribution in [0, 0.1) is 6.92 Å². The summed E-state index contributed by atoms with van der Waals surface area (Å²) in [6, 6.07) is 1.89. The van der Waals surface area contributed by atoms with Gasteiger partial charge in [0.25, 0.3) is 0 Å². The summed E-state index contributed by atoms with van der Waals surface area (Å²) < 4.78 is 4.95. The maximum Gasteiger partial charge on any atom is 0.134 e. The highest BCUT2D eigenvalue weighted by Gasteiger charge is 2.00. The molecule has 13 heavy (non-hydrogen) atoms. The Kier molecular flexibility index (Phi) is 3.32. The van der Waals surface area contributed by atoms with Crippen molar-refractivity contribution in [3.8, 4) is 0 Å². The van der Waals surface area contributed by atoms with E-state index in [2.05, 4.69) is 5.16 Å². The predicted octanol–water partition coefficient (Wildman–Crippen LogP) is 3.53. The van der Waals surface area contributed by atoms with Gasteiger partial charge in [0.2, 0.25) is 0 Å². The number of allylic oxidation sites excluding steroid dienone is 4. The van der Waals surface area contributed by atoms with Crippen molar-refractivity contribution in [2.45, 2.75) is 20.8 Å². The highest BCUT2D eigenvalue weighted by atomic mass is 35.5. The van der Waals surface area contributed by atoms with Crippen LogP contribution >= 0.6 is 11.6 Å². The molecular weight excluding hydrogens is 186 g/mol. The van der Waals surface area contributed by atoms with Crippen molar-refractivity contribution < 1.29 is 4.52 Å². The van der Waals surface area contributed by atoms with Crippen molar-refractivity contribution in [3.63, 3.8) is 0 Å². The molecule has 1 aromatic heterocycles. The van der Waals surface area contributed by atoms with Gasteiger partial charge in [0, 0.05) is 11.1 Å². The molecule has 0 aliphatic carbocycles. The Balaban J connectivity index is 2.85. The maximum atomic E-state index is 5.69. The molecule has 0 saturated carbocycles. The largest absolute Gasteiger partial charge is 0.361 e. The van der Waals surface area contributed by atoms with Crippen LogP contribution in [0.3, 0.4) is 0 Å². The Morgan fingerprint density at radius 3 is 2.62 bits per heavy atom. The van der Waals surface area contributed by atoms with Crippen LogP contribution in [0.4, 0.5) is 0 Å². The molecule has 0 spiro atoms. The second-order valence-corrected chi connectivity index (χ2v) is 3.52. The Morgan fingerprint density at radius 2 is 2.15 bits per heavy atom. The second kappa shape index (κ2) is 4.28. The van der Waals surface area contributed by atoms with Crippen LogP contribution in [0.1, 0.15) is 25.3 Å². The average Bonchev–Trinajstić information content (AvgIpc) is 2.47. The fraction of sp³-hybridized carbons (Fsp3) is 0.300. The molecule has 1 aromatic rings. The third kappa shape index (κ3) is 3.07. The van der Waals surface area contributed by atoms with Gasteiger partial charge in [0.1, 0.15) is 11.5 Å². The van der Waals surface area contributed by atoms with E-state index in [1.54, 1.807) is 0 Å². The van der Waals surface area contributed by atoms with E-state index in [4.69, 9.17) is 16.1 Å². The molecule has 0 bridgehead atoms. The molecule has 3 heteroatoms. The highest BCUT2D eigenvalue weighted by molar-refractivity contribution is 6.29. The molecule has 0 radical (unpaired) electrons. The van der Waals surface area contributed by atoms with Gasteiger partial charge in [0.05, 0.1) is 0 Å². The molecule has 0 unspecified atom stereocenters. The molecule has 0 amide bonds. The quantitative estimate of drug-likeness (QED) is 0.678. The number of rotatable bonds is 2. The maximum absolute atomic E-state index is 5.69. The average molecular weight is 198 g/mol. The summed E-state index contributed by atoms with van der Waals surface area (Å²) in [5.74, 6) is 0.814. The standard InChI is InChI=1S/C10H12ClNO/c1-7(4-5-8(2)11)10-6-9(3)13-12-10/h4-6H,1-3H3/b7-4+,8-5+. The van der Waals surface area contributed by atoms with Gasteiger partial charge < -0.3 is 4.52 Å². The van der Waals surface area contributed by atoms with E-state index in [1.165, 1.54) is 0 Å². The fourth-order valence-corrected chi connectivity index (χ4v) is 0.940. The van der Waals surface area contributed by atoms with Gasteiger partial charge in [0.15, 0.2) is 0 Å². The minimum absolute atomic E-state index is 0.750. The van der Waals surface area contributed by atoms with E-state index in [-0.39, 0.29) is 0 Å². The van der Waals surface area contributed by atoms with Gasteiger partial charge in [-0.1, -0.05) is 22.8 Å². The molecule has 2 nitrogen and oxygen atoms in total. The predicted molar refractivity (Wildman–Crippen MR) is 54.5 cm³/mol. The van der Waals surface area contributed by atoms with Crippen LogP contribution in [0.25, 0.3) is 5.57 Å². The number of hydrogen-bond acceptors (Lipinski definition) is 2. The molecule has 70 valence electrons. The SMILES string of the molecule is C/C(Cl)=C\C=C(/C)c1cc(C)on1. The second-order valence-electron chi connectivity index (χ2n) is 2.93. The van der Waals surface area contributed by atoms with Crippen LogP contribution in [-0.4, -0.2) is 5.16 Å². The first-order chi connectivity index (χ1) is 6.09. The van der Waals surface area contributed by atoms with Crippen molar-refractivity contribution in [2.75, 3.05) is 0 Å². The number of aromatic nitrogens is 1. The number of nitrogens with zero attached hydrogens (tertiary/aromatic N) is 1. The normalized spacial score (nSPS) is 13.5. The highest BCUT2D eigenvalue weighted by Crippen LogP contribution is 2.14. The van der Waals surface area contributed by atoms with E-state index >= 15 is 0 Å². The minimum Gasteiger partial charge on any atom is -0.361 e. The molecule has 0 atom stereocenters. The zero-order valence-corrected chi connectivity index (χ0v) is 8.72. The fourth-order valence-electron chi connectivity index (χ4n) is 0.877. The van der Waals surface area contributed by atoms with Crippen LogP contribution < -0.4 is 0 Å². The molecule has 0 aliphatic rings. The smallest absolute Gasteiger partial charge is 0.134 e. The molecular formula is C10H12ClNO. The van der Waals surface area contributed by atoms with E-state index in [0.717, 1.165) is 22.1 Å². The summed E-state index contributed by atoms with van der Waals surface area (Å²) in [7, 11) is 0. The van der Waals surface area contributed by atoms with Crippen LogP contribution in [0.5, 0.6) is 0 Å². The Morgan fingerprint density at radius 1 is 1.46 bits per heavy atom. The lowest BCUT2D eigenvalue weighted by Crippen LogP contribution is -1.76. The molecule has 1 rings (SSSR count). The van der Waals surface area contributed by atoms with Crippen molar-refractivity contribution in [3.05, 3.63) is 34.7 Å². The monoisotopic (exact) mass is 197 g/mol. The van der Waals surface area contributed by atoms with Crippen molar-refractivity contribution >= 4 is 17.2 Å². The van der Waals surface area contributed by atoms with Crippen molar-refractivity contribution in [1.82, 2.24) is 5.16 Å². The summed E-state index contributed by atoms with van der Waals surface area (Å²) >= 11 is 5.69. The zero-order valence-electron chi connectivity index (χ0n) is 7.97. The summed E-state index contributed by atoms with van der Waals surface area (Å²) in [5.41, 5.74) is 1.89. The third-order valence-corrected chi connectivity index (χ3v) is 1.72. The van der Waals surface area contributed by atoms with Gasteiger partial charge in [-0.25, -0.2) is 0 Å². The summed E-state index contributed by atoms with van der Waals surface area (Å²) in [6.45, 7) is 5.67. The van der Waals surface area contributed by atoms with Gasteiger partial charge in [-0.3, -0.25) is 0 Å². The van der Waals surface area contributed by atoms with Gasteiger partial charge in [-0.05, 0) is 32.4 Å². The van der Waals surface area contributed by atoms with Gasteiger partial charge >= 0.3 is 0 Å². The van der Waals surface area contributed by atoms with E-state index in [9.17, 15) is 0 Å².